The van der Waals surface area contributed by atoms with Crippen molar-refractivity contribution in [2.45, 2.75) is 19.9 Å². The summed E-state index contributed by atoms with van der Waals surface area (Å²) in [4.78, 5) is 12.4. The first kappa shape index (κ1) is 12.5. The summed E-state index contributed by atoms with van der Waals surface area (Å²) in [5.41, 5.74) is 1.30. The number of benzene rings is 1. The number of carbonyl (C=O) groups excluding carboxylic acids is 1. The molecule has 0 fully saturated rings. The Labute approximate surface area is 109 Å². The fourth-order valence-electron chi connectivity index (χ4n) is 1.48. The highest BCUT2D eigenvalue weighted by Crippen LogP contribution is 2.25. The fourth-order valence-corrected chi connectivity index (χ4v) is 2.07. The van der Waals surface area contributed by atoms with Crippen molar-refractivity contribution >= 4 is 17.4 Å². The van der Waals surface area contributed by atoms with Crippen LogP contribution in [-0.2, 0) is 0 Å². The van der Waals surface area contributed by atoms with Gasteiger partial charge in [-0.1, -0.05) is 4.49 Å². The van der Waals surface area contributed by atoms with Crippen molar-refractivity contribution in [1.29, 1.82) is 0 Å². The number of aromatic nitrogens is 2. The van der Waals surface area contributed by atoms with Gasteiger partial charge in [-0.2, -0.15) is 0 Å². The van der Waals surface area contributed by atoms with E-state index in [0.29, 0.717) is 10.6 Å². The maximum Gasteiger partial charge on any atom is 0.265 e. The normalized spacial score (nSPS) is 10.6. The summed E-state index contributed by atoms with van der Waals surface area (Å²) in [6.45, 7) is 3.79. The molecule has 0 aliphatic heterocycles. The van der Waals surface area contributed by atoms with Gasteiger partial charge in [-0.25, -0.2) is 0 Å². The molecule has 1 aromatic heterocycles. The van der Waals surface area contributed by atoms with Gasteiger partial charge in [0, 0.05) is 11.6 Å². The second-order valence-electron chi connectivity index (χ2n) is 4.13. The number of phenolic OH excluding ortho intramolecular Hbond substituents is 1. The Hall–Kier alpha value is -1.95. The lowest BCUT2D eigenvalue weighted by molar-refractivity contribution is 0.0947. The molecule has 0 aliphatic carbocycles. The number of rotatable bonds is 3. The zero-order valence-corrected chi connectivity index (χ0v) is 10.9. The van der Waals surface area contributed by atoms with Gasteiger partial charge >= 0.3 is 0 Å². The molecule has 0 atom stereocenters. The average molecular weight is 263 g/mol. The van der Waals surface area contributed by atoms with E-state index in [-0.39, 0.29) is 17.7 Å². The summed E-state index contributed by atoms with van der Waals surface area (Å²) < 4.78 is 3.82. The van der Waals surface area contributed by atoms with Gasteiger partial charge < -0.3 is 10.4 Å². The lowest BCUT2D eigenvalue weighted by atomic mass is 10.1. The molecule has 0 saturated heterocycles. The molecule has 1 heterocycles. The molecule has 1 amide bonds. The molecule has 5 nitrogen and oxygen atoms in total. The molecule has 0 saturated carbocycles. The van der Waals surface area contributed by atoms with Crippen LogP contribution in [0.2, 0.25) is 0 Å². The quantitative estimate of drug-likeness (QED) is 0.888. The third-order valence-corrected chi connectivity index (χ3v) is 2.98. The second kappa shape index (κ2) is 5.14. The van der Waals surface area contributed by atoms with E-state index >= 15 is 0 Å². The topological polar surface area (TPSA) is 75.1 Å². The number of hydrogen-bond acceptors (Lipinski definition) is 5. The molecule has 2 aromatic rings. The SMILES string of the molecule is CC(C)NC(=O)c1snnc1-c1ccc(O)cc1. The molecular formula is C12H13N3O2S. The highest BCUT2D eigenvalue weighted by molar-refractivity contribution is 7.08. The Kier molecular flexibility index (Phi) is 3.57. The standard InChI is InChI=1S/C12H13N3O2S/c1-7(2)13-12(17)11-10(14-15-18-11)8-3-5-9(16)6-4-8/h3-7,16H,1-2H3,(H,13,17). The van der Waals surface area contributed by atoms with Crippen LogP contribution >= 0.6 is 11.5 Å². The van der Waals surface area contributed by atoms with Gasteiger partial charge in [0.2, 0.25) is 0 Å². The predicted octanol–water partition coefficient (Wildman–Crippen LogP) is 2.05. The number of amides is 1. The maximum atomic E-state index is 11.9. The Morgan fingerprint density at radius 1 is 1.33 bits per heavy atom. The Bertz CT molecular complexity index is 549. The number of nitrogens with zero attached hydrogens (tertiary/aromatic N) is 2. The molecule has 1 aromatic carbocycles. The molecule has 18 heavy (non-hydrogen) atoms. The van der Waals surface area contributed by atoms with E-state index in [2.05, 4.69) is 14.9 Å². The van der Waals surface area contributed by atoms with Crippen LogP contribution in [0.3, 0.4) is 0 Å². The van der Waals surface area contributed by atoms with E-state index in [9.17, 15) is 9.90 Å². The number of nitrogens with one attached hydrogen (secondary N) is 1. The molecular weight excluding hydrogens is 250 g/mol. The van der Waals surface area contributed by atoms with Crippen LogP contribution in [-0.4, -0.2) is 26.6 Å². The maximum absolute atomic E-state index is 11.9. The Morgan fingerprint density at radius 3 is 2.61 bits per heavy atom. The molecule has 94 valence electrons. The summed E-state index contributed by atoms with van der Waals surface area (Å²) in [6, 6.07) is 6.58. The highest BCUT2D eigenvalue weighted by Gasteiger charge is 2.18. The minimum Gasteiger partial charge on any atom is -0.508 e. The first-order valence-electron chi connectivity index (χ1n) is 5.50. The van der Waals surface area contributed by atoms with Crippen LogP contribution in [0.15, 0.2) is 24.3 Å². The van der Waals surface area contributed by atoms with Crippen LogP contribution in [0.4, 0.5) is 0 Å². The van der Waals surface area contributed by atoms with Crippen molar-refractivity contribution in [3.8, 4) is 17.0 Å². The average Bonchev–Trinajstić information content (AvgIpc) is 2.78. The van der Waals surface area contributed by atoms with Crippen molar-refractivity contribution in [3.63, 3.8) is 0 Å². The van der Waals surface area contributed by atoms with Crippen molar-refractivity contribution in [2.75, 3.05) is 0 Å². The van der Waals surface area contributed by atoms with Gasteiger partial charge in [-0.15, -0.1) is 5.10 Å². The third kappa shape index (κ3) is 2.65. The summed E-state index contributed by atoms with van der Waals surface area (Å²) in [5, 5.41) is 16.0. The molecule has 0 unspecified atom stereocenters. The summed E-state index contributed by atoms with van der Waals surface area (Å²) in [6.07, 6.45) is 0. The zero-order valence-electron chi connectivity index (χ0n) is 10.0. The van der Waals surface area contributed by atoms with Crippen LogP contribution in [0.5, 0.6) is 5.75 Å². The van der Waals surface area contributed by atoms with Crippen molar-refractivity contribution in [2.24, 2.45) is 0 Å². The van der Waals surface area contributed by atoms with Gasteiger partial charge in [0.25, 0.3) is 5.91 Å². The van der Waals surface area contributed by atoms with Crippen LogP contribution < -0.4 is 5.32 Å². The summed E-state index contributed by atoms with van der Waals surface area (Å²) >= 11 is 1.06. The van der Waals surface area contributed by atoms with Crippen LogP contribution in [0, 0.1) is 0 Å². The minimum atomic E-state index is -0.178. The lowest BCUT2D eigenvalue weighted by Crippen LogP contribution is -2.29. The molecule has 0 bridgehead atoms. The smallest absolute Gasteiger partial charge is 0.265 e. The van der Waals surface area contributed by atoms with Crippen molar-refractivity contribution < 1.29 is 9.90 Å². The molecule has 2 rings (SSSR count). The van der Waals surface area contributed by atoms with E-state index in [0.717, 1.165) is 17.1 Å². The van der Waals surface area contributed by atoms with Gasteiger partial charge in [0.1, 0.15) is 16.3 Å². The molecule has 2 N–H and O–H groups in total. The Balaban J connectivity index is 2.33. The first-order chi connectivity index (χ1) is 8.58. The minimum absolute atomic E-state index is 0.0623. The summed E-state index contributed by atoms with van der Waals surface area (Å²) in [7, 11) is 0. The van der Waals surface area contributed by atoms with E-state index in [1.807, 2.05) is 13.8 Å². The van der Waals surface area contributed by atoms with Crippen molar-refractivity contribution in [1.82, 2.24) is 14.9 Å². The van der Waals surface area contributed by atoms with E-state index in [4.69, 9.17) is 0 Å². The second-order valence-corrected chi connectivity index (χ2v) is 4.88. The van der Waals surface area contributed by atoms with E-state index < -0.39 is 0 Å². The molecule has 0 spiro atoms. The lowest BCUT2D eigenvalue weighted by Gasteiger charge is -2.07. The molecule has 0 aliphatic rings. The monoisotopic (exact) mass is 263 g/mol. The molecule has 0 radical (unpaired) electrons. The fraction of sp³-hybridized carbons (Fsp3) is 0.250. The predicted molar refractivity (Wildman–Crippen MR) is 69.6 cm³/mol. The zero-order chi connectivity index (χ0) is 13.1. The summed E-state index contributed by atoms with van der Waals surface area (Å²) in [5.74, 6) is -0.00167. The van der Waals surface area contributed by atoms with Gasteiger partial charge in [-0.05, 0) is 49.6 Å². The van der Waals surface area contributed by atoms with Gasteiger partial charge in [-0.3, -0.25) is 4.79 Å². The third-order valence-electron chi connectivity index (χ3n) is 2.25. The van der Waals surface area contributed by atoms with E-state index in [1.165, 1.54) is 0 Å². The van der Waals surface area contributed by atoms with Crippen LogP contribution in [0.25, 0.3) is 11.3 Å². The number of carbonyl (C=O) groups is 1. The highest BCUT2D eigenvalue weighted by atomic mass is 32.1. The number of hydrogen-bond donors (Lipinski definition) is 2. The first-order valence-corrected chi connectivity index (χ1v) is 6.28. The van der Waals surface area contributed by atoms with Gasteiger partial charge in [0.05, 0.1) is 0 Å². The van der Waals surface area contributed by atoms with Gasteiger partial charge in [0.15, 0.2) is 0 Å². The largest absolute Gasteiger partial charge is 0.508 e. The number of aromatic hydroxyl groups is 1. The van der Waals surface area contributed by atoms with Crippen LogP contribution in [0.1, 0.15) is 23.5 Å². The Morgan fingerprint density at radius 2 is 2.00 bits per heavy atom. The number of phenols is 1. The molecule has 6 heteroatoms. The van der Waals surface area contributed by atoms with Crippen molar-refractivity contribution in [3.05, 3.63) is 29.1 Å². The van der Waals surface area contributed by atoms with E-state index in [1.54, 1.807) is 24.3 Å².